The van der Waals surface area contributed by atoms with E-state index in [2.05, 4.69) is 10.6 Å². The molecule has 5 aliphatic heterocycles. The van der Waals surface area contributed by atoms with Crippen LogP contribution in [0.4, 0.5) is 4.79 Å². The zero-order valence-electron chi connectivity index (χ0n) is 49.4. The van der Waals surface area contributed by atoms with Crippen molar-refractivity contribution >= 4 is 35.8 Å². The maximum atomic E-state index is 15.1. The van der Waals surface area contributed by atoms with Crippen molar-refractivity contribution in [2.45, 2.75) is 157 Å². The van der Waals surface area contributed by atoms with Crippen LogP contribution >= 0.6 is 0 Å². The smallest absolute Gasteiger partial charge is 0.407 e. The van der Waals surface area contributed by atoms with E-state index < -0.39 is 147 Å². The molecular weight excluding hydrogens is 1140 g/mol. The van der Waals surface area contributed by atoms with Gasteiger partial charge >= 0.3 is 24.0 Å². The molecular formula is C66H75N3O19. The second-order valence-corrected chi connectivity index (χ2v) is 23.3. The van der Waals surface area contributed by atoms with Gasteiger partial charge in [0.1, 0.15) is 92.4 Å². The number of hydrogen-bond donors (Lipinski definition) is 4. The number of rotatable bonds is 14. The van der Waals surface area contributed by atoms with Gasteiger partial charge in [0, 0.05) is 19.6 Å². The summed E-state index contributed by atoms with van der Waals surface area (Å²) in [5, 5.41) is 28.9. The Balaban J connectivity index is 1.00. The number of nitrogens with zero attached hydrogens (tertiary/aromatic N) is 1. The maximum Gasteiger partial charge on any atom is 0.407 e. The summed E-state index contributed by atoms with van der Waals surface area (Å²) in [4.78, 5) is 87.1. The van der Waals surface area contributed by atoms with Gasteiger partial charge in [-0.15, -0.1) is 0 Å². The maximum absolute atomic E-state index is 15.1. The molecule has 22 heteroatoms. The number of aliphatic hydroxyl groups excluding tert-OH is 2. The fourth-order valence-corrected chi connectivity index (χ4v) is 11.6. The van der Waals surface area contributed by atoms with Crippen LogP contribution in [-0.4, -0.2) is 170 Å². The molecule has 468 valence electrons. The van der Waals surface area contributed by atoms with Gasteiger partial charge in [0.2, 0.25) is 11.8 Å². The minimum Gasteiger partial charge on any atom is -0.463 e. The molecule has 22 nitrogen and oxygen atoms in total. The van der Waals surface area contributed by atoms with Crippen molar-refractivity contribution in [3.05, 3.63) is 167 Å². The summed E-state index contributed by atoms with van der Waals surface area (Å²) in [5.41, 5.74) is 5.06. The number of carbonyl (C=O) groups is 6. The zero-order valence-corrected chi connectivity index (χ0v) is 49.4. The first kappa shape index (κ1) is 63.4. The summed E-state index contributed by atoms with van der Waals surface area (Å²) in [7, 11) is 1.27. The van der Waals surface area contributed by atoms with Crippen LogP contribution < -0.4 is 10.6 Å². The third kappa shape index (κ3) is 15.6. The fourth-order valence-electron chi connectivity index (χ4n) is 11.6. The molecule has 3 amide bonds. The molecule has 5 aromatic carbocycles. The molecule has 5 heterocycles. The Bertz CT molecular complexity index is 3140. The van der Waals surface area contributed by atoms with E-state index in [9.17, 15) is 34.2 Å². The fraction of sp³-hybridized carbons (Fsp3) is 0.455. The lowest BCUT2D eigenvalue weighted by Gasteiger charge is -2.48. The largest absolute Gasteiger partial charge is 0.463 e. The van der Waals surface area contributed by atoms with Crippen LogP contribution in [0.25, 0.3) is 11.1 Å². The monoisotopic (exact) mass is 1210 g/mol. The van der Waals surface area contributed by atoms with Gasteiger partial charge in [-0.1, -0.05) is 140 Å². The van der Waals surface area contributed by atoms with Crippen molar-refractivity contribution in [2.24, 2.45) is 0 Å². The normalized spacial score (nSPS) is 28.1. The summed E-state index contributed by atoms with van der Waals surface area (Å²) in [6.45, 7) is 3.37. The second kappa shape index (κ2) is 29.1. The molecule has 6 aliphatic rings. The Morgan fingerprint density at radius 2 is 1.18 bits per heavy atom. The standard InChI is InChI=1S/C66H75N3O19/c1-66(2,3)88-62(76)48-32-53(71)79-37-50-54(72)55(73)57(63(78-4)85-50)87-64-59(83-35-41-23-12-7-13-24-41)58(82-34-40-21-10-6-11-22-40)56(81-33-39-19-8-5-9-20-39)51(86-64)38-80-52(70)31-47(61(75)69-30-18-29-49(69)60(74)67-48)68-65(77)84-36-46-44-27-16-14-25-42(44)43-26-15-17-28-45(43)46/h5-17,19-28,46-51,54-59,63-64,72-73H,18,29-38H2,1-4H3,(H,67,74)(H,68,77)/t47-,48-,49-,50+,51+,54+,55-,56+,57-,58-,59-,63-,64+/m0/s1. The summed E-state index contributed by atoms with van der Waals surface area (Å²) in [5.74, 6) is -5.11. The lowest BCUT2D eigenvalue weighted by molar-refractivity contribution is -0.374. The highest BCUT2D eigenvalue weighted by molar-refractivity contribution is 5.96. The molecule has 0 radical (unpaired) electrons. The van der Waals surface area contributed by atoms with Crippen LogP contribution in [0, 0.1) is 0 Å². The van der Waals surface area contributed by atoms with Gasteiger partial charge in [-0.05, 0) is 72.6 Å². The Hall–Kier alpha value is -7.64. The molecule has 5 fully saturated rings. The summed E-state index contributed by atoms with van der Waals surface area (Å²) < 4.78 is 68.9. The van der Waals surface area contributed by atoms with Crippen molar-refractivity contribution in [3.8, 4) is 11.1 Å². The number of nitrogens with one attached hydrogen (secondary N) is 2. The van der Waals surface area contributed by atoms with Crippen LogP contribution in [0.5, 0.6) is 0 Å². The molecule has 5 saturated heterocycles. The number of aliphatic hydroxyl groups is 2. The van der Waals surface area contributed by atoms with Crippen molar-refractivity contribution < 1.29 is 91.1 Å². The van der Waals surface area contributed by atoms with Crippen LogP contribution in [0.15, 0.2) is 140 Å². The highest BCUT2D eigenvalue weighted by Gasteiger charge is 2.54. The van der Waals surface area contributed by atoms with E-state index in [0.29, 0.717) is 6.42 Å². The molecule has 5 aromatic rings. The lowest BCUT2D eigenvalue weighted by atomic mass is 9.96. The Labute approximate surface area is 509 Å². The molecule has 13 atom stereocenters. The third-order valence-electron chi connectivity index (χ3n) is 16.0. The number of benzene rings is 5. The first-order valence-corrected chi connectivity index (χ1v) is 29.6. The van der Waals surface area contributed by atoms with Crippen molar-refractivity contribution in [1.29, 1.82) is 0 Å². The van der Waals surface area contributed by atoms with E-state index in [-0.39, 0.29) is 45.3 Å². The average Bonchev–Trinajstić information content (AvgIpc) is 1.89. The van der Waals surface area contributed by atoms with Crippen LogP contribution in [0.1, 0.15) is 80.2 Å². The molecule has 0 saturated carbocycles. The Morgan fingerprint density at radius 3 is 1.76 bits per heavy atom. The lowest BCUT2D eigenvalue weighted by Crippen LogP contribution is -2.65. The molecule has 1 aliphatic carbocycles. The van der Waals surface area contributed by atoms with Crippen LogP contribution in [0.2, 0.25) is 0 Å². The number of esters is 3. The van der Waals surface area contributed by atoms with E-state index in [1.165, 1.54) is 12.0 Å². The predicted molar refractivity (Wildman–Crippen MR) is 312 cm³/mol. The highest BCUT2D eigenvalue weighted by Crippen LogP contribution is 2.45. The number of fused-ring (bicyclic) bond motifs is 16. The SMILES string of the molecule is CO[C@H]1O[C@@H]2COC(=O)C[C@@H](C(=O)OC(C)(C)C)NC(=O)[C@@H]3CCCN3C(=O)[C@@H](NC(=O)OCC3c4ccccc4-c4ccccc43)CC(=O)OC[C@H]3O[C@H](O[C@H]1[C@@H](O)[C@@H]2O)[C@@H](OCc1ccccc1)[C@@H](OCc1ccccc1)[C@@H]3OCc1ccccc1. The zero-order chi connectivity index (χ0) is 61.9. The summed E-state index contributed by atoms with van der Waals surface area (Å²) >= 11 is 0. The minimum atomic E-state index is -1.82. The molecule has 11 rings (SSSR count). The first-order valence-electron chi connectivity index (χ1n) is 29.6. The Kier molecular flexibility index (Phi) is 21.0. The number of ether oxygens (including phenoxy) is 11. The van der Waals surface area contributed by atoms with Gasteiger partial charge in [0.15, 0.2) is 12.6 Å². The highest BCUT2D eigenvalue weighted by atomic mass is 16.8. The van der Waals surface area contributed by atoms with Gasteiger partial charge < -0.3 is 77.9 Å². The van der Waals surface area contributed by atoms with E-state index in [1.54, 1.807) is 20.8 Å². The molecule has 0 unspecified atom stereocenters. The average molecular weight is 1210 g/mol. The molecule has 4 bridgehead atoms. The minimum absolute atomic E-state index is 0.00422. The molecule has 88 heavy (non-hydrogen) atoms. The third-order valence-corrected chi connectivity index (χ3v) is 16.0. The number of hydrogen-bond acceptors (Lipinski definition) is 19. The van der Waals surface area contributed by atoms with Gasteiger partial charge in [-0.25, -0.2) is 9.59 Å². The van der Waals surface area contributed by atoms with Crippen molar-refractivity contribution in [3.63, 3.8) is 0 Å². The number of alkyl carbamates (subject to hydrolysis) is 1. The van der Waals surface area contributed by atoms with Gasteiger partial charge in [0.05, 0.1) is 32.7 Å². The van der Waals surface area contributed by atoms with E-state index in [4.69, 9.17) is 52.1 Å². The number of carbonyl (C=O) groups excluding carboxylic acids is 6. The quantitative estimate of drug-likeness (QED) is 0.0784. The Morgan fingerprint density at radius 1 is 0.648 bits per heavy atom. The number of methoxy groups -OCH3 is 1. The molecule has 0 spiro atoms. The summed E-state index contributed by atoms with van der Waals surface area (Å²) in [6, 6.07) is 38.7. The van der Waals surface area contributed by atoms with E-state index in [0.717, 1.165) is 38.9 Å². The van der Waals surface area contributed by atoms with Crippen LogP contribution in [-0.2, 0) is 95.9 Å². The van der Waals surface area contributed by atoms with Gasteiger partial charge in [-0.2, -0.15) is 0 Å². The number of amides is 3. The van der Waals surface area contributed by atoms with E-state index >= 15 is 4.79 Å². The topological polar surface area (TPSA) is 272 Å². The first-order chi connectivity index (χ1) is 42.5. The van der Waals surface area contributed by atoms with Crippen molar-refractivity contribution in [1.82, 2.24) is 15.5 Å². The second-order valence-electron chi connectivity index (χ2n) is 23.3. The van der Waals surface area contributed by atoms with Crippen LogP contribution in [0.3, 0.4) is 0 Å². The van der Waals surface area contributed by atoms with Gasteiger partial charge in [-0.3, -0.25) is 19.2 Å². The molecule has 4 N–H and O–H groups in total. The predicted octanol–water partition coefficient (Wildman–Crippen LogP) is 5.55. The summed E-state index contributed by atoms with van der Waals surface area (Å²) in [6.07, 6.45) is -16.7. The molecule has 0 aromatic heterocycles. The van der Waals surface area contributed by atoms with Gasteiger partial charge in [0.25, 0.3) is 0 Å². The van der Waals surface area contributed by atoms with Crippen molar-refractivity contribution in [2.75, 3.05) is 33.5 Å². The van der Waals surface area contributed by atoms with E-state index in [1.807, 2.05) is 140 Å².